The van der Waals surface area contributed by atoms with Gasteiger partial charge in [0.25, 0.3) is 0 Å². The van der Waals surface area contributed by atoms with E-state index in [1.807, 2.05) is 0 Å². The highest BCUT2D eigenvalue weighted by molar-refractivity contribution is 5.81. The summed E-state index contributed by atoms with van der Waals surface area (Å²) in [6, 6.07) is 5.94. The average Bonchev–Trinajstić information content (AvgIpc) is 2.83. The highest BCUT2D eigenvalue weighted by Gasteiger charge is 2.51. The Bertz CT molecular complexity index is 1070. The van der Waals surface area contributed by atoms with Crippen LogP contribution in [0.15, 0.2) is 33.5 Å². The van der Waals surface area contributed by atoms with E-state index < -0.39 is 80.3 Å². The van der Waals surface area contributed by atoms with Gasteiger partial charge in [-0.15, -0.1) is 0 Å². The molecule has 194 valence electrons. The molecular formula is C22H28O13. The van der Waals surface area contributed by atoms with Crippen LogP contribution in [-0.2, 0) is 14.2 Å². The van der Waals surface area contributed by atoms with Crippen molar-refractivity contribution in [2.45, 2.75) is 68.3 Å². The molecule has 0 bridgehead atoms. The van der Waals surface area contributed by atoms with Gasteiger partial charge in [-0.3, -0.25) is 0 Å². The number of aliphatic hydroxyl groups excluding tert-OH is 7. The Kier molecular flexibility index (Phi) is 7.73. The SMILES string of the molecule is Cc1cc(=O)oc2cc(O[C@@H]3O[C@H](CO)[C@H](O[C@@H]4O[C@H](CO)[C@@H](O)[C@H](O)[C@@H]4O)[C@H](O)[C@H]3O)ccc12. The second-order valence-electron chi connectivity index (χ2n) is 8.53. The van der Waals surface area contributed by atoms with Crippen molar-refractivity contribution in [1.82, 2.24) is 0 Å². The Morgan fingerprint density at radius 2 is 1.49 bits per heavy atom. The molecular weight excluding hydrogens is 472 g/mol. The summed E-state index contributed by atoms with van der Waals surface area (Å²) < 4.78 is 27.1. The van der Waals surface area contributed by atoms with Gasteiger partial charge in [-0.1, -0.05) is 0 Å². The summed E-state index contributed by atoms with van der Waals surface area (Å²) in [5.74, 6) is 0.146. The normalized spacial score (nSPS) is 37.9. The van der Waals surface area contributed by atoms with E-state index in [4.69, 9.17) is 23.4 Å². The number of hydrogen-bond acceptors (Lipinski definition) is 13. The fourth-order valence-corrected chi connectivity index (χ4v) is 4.17. The first-order valence-corrected chi connectivity index (χ1v) is 10.9. The van der Waals surface area contributed by atoms with Crippen molar-refractivity contribution < 1.29 is 59.1 Å². The molecule has 0 saturated carbocycles. The highest BCUT2D eigenvalue weighted by Crippen LogP contribution is 2.31. The Morgan fingerprint density at radius 1 is 0.829 bits per heavy atom. The zero-order valence-electron chi connectivity index (χ0n) is 18.6. The largest absolute Gasteiger partial charge is 0.462 e. The van der Waals surface area contributed by atoms with Gasteiger partial charge in [0.05, 0.1) is 13.2 Å². The highest BCUT2D eigenvalue weighted by atomic mass is 16.7. The molecule has 7 N–H and O–H groups in total. The van der Waals surface area contributed by atoms with Crippen molar-refractivity contribution in [2.75, 3.05) is 13.2 Å². The third kappa shape index (κ3) is 5.06. The van der Waals surface area contributed by atoms with Gasteiger partial charge in [-0.25, -0.2) is 4.79 Å². The molecule has 13 nitrogen and oxygen atoms in total. The molecule has 0 aliphatic carbocycles. The quantitative estimate of drug-likeness (QED) is 0.199. The minimum absolute atomic E-state index is 0.146. The summed E-state index contributed by atoms with van der Waals surface area (Å²) in [5.41, 5.74) is 0.381. The van der Waals surface area contributed by atoms with Crippen molar-refractivity contribution in [3.05, 3.63) is 40.2 Å². The van der Waals surface area contributed by atoms with Gasteiger partial charge < -0.3 is 59.1 Å². The van der Waals surface area contributed by atoms with Crippen LogP contribution in [0, 0.1) is 6.92 Å². The Morgan fingerprint density at radius 3 is 2.17 bits per heavy atom. The lowest BCUT2D eigenvalue weighted by atomic mass is 9.97. The predicted octanol–water partition coefficient (Wildman–Crippen LogP) is -2.90. The zero-order chi connectivity index (χ0) is 25.4. The third-order valence-electron chi connectivity index (χ3n) is 6.14. The first-order chi connectivity index (χ1) is 16.6. The van der Waals surface area contributed by atoms with E-state index in [0.29, 0.717) is 10.9 Å². The van der Waals surface area contributed by atoms with Crippen molar-refractivity contribution in [3.8, 4) is 5.75 Å². The van der Waals surface area contributed by atoms with Gasteiger partial charge in [-0.2, -0.15) is 0 Å². The lowest BCUT2D eigenvalue weighted by Crippen LogP contribution is -2.65. The molecule has 4 rings (SSSR count). The van der Waals surface area contributed by atoms with E-state index in [0.717, 1.165) is 0 Å². The molecule has 2 aliphatic heterocycles. The molecule has 0 amide bonds. The van der Waals surface area contributed by atoms with E-state index >= 15 is 0 Å². The minimum atomic E-state index is -1.76. The monoisotopic (exact) mass is 500 g/mol. The molecule has 13 heteroatoms. The average molecular weight is 500 g/mol. The van der Waals surface area contributed by atoms with Crippen LogP contribution in [0.3, 0.4) is 0 Å². The van der Waals surface area contributed by atoms with Crippen LogP contribution in [0.5, 0.6) is 5.75 Å². The molecule has 2 fully saturated rings. The lowest BCUT2D eigenvalue weighted by Gasteiger charge is -2.45. The van der Waals surface area contributed by atoms with Gasteiger partial charge in [0, 0.05) is 17.5 Å². The van der Waals surface area contributed by atoms with Gasteiger partial charge >= 0.3 is 5.63 Å². The number of benzene rings is 1. The molecule has 1 aromatic heterocycles. The number of ether oxygens (including phenoxy) is 4. The Hall–Kier alpha value is -2.17. The summed E-state index contributed by atoms with van der Waals surface area (Å²) in [6.45, 7) is 0.352. The number of aryl methyl sites for hydroxylation is 1. The van der Waals surface area contributed by atoms with Crippen molar-refractivity contribution in [3.63, 3.8) is 0 Å². The van der Waals surface area contributed by atoms with Crippen molar-refractivity contribution in [1.29, 1.82) is 0 Å². The van der Waals surface area contributed by atoms with Gasteiger partial charge in [0.2, 0.25) is 6.29 Å². The summed E-state index contributed by atoms with van der Waals surface area (Å²) in [5, 5.41) is 71.1. The number of aliphatic hydroxyl groups is 7. The predicted molar refractivity (Wildman–Crippen MR) is 114 cm³/mol. The molecule has 0 unspecified atom stereocenters. The van der Waals surface area contributed by atoms with Crippen LogP contribution >= 0.6 is 0 Å². The number of rotatable bonds is 6. The van der Waals surface area contributed by atoms with Crippen LogP contribution in [0.1, 0.15) is 5.56 Å². The molecule has 0 radical (unpaired) electrons. The van der Waals surface area contributed by atoms with Crippen LogP contribution in [0.25, 0.3) is 11.0 Å². The van der Waals surface area contributed by atoms with E-state index in [1.54, 1.807) is 19.1 Å². The summed E-state index contributed by atoms with van der Waals surface area (Å²) >= 11 is 0. The molecule has 3 heterocycles. The lowest BCUT2D eigenvalue weighted by molar-refractivity contribution is -0.352. The second kappa shape index (κ2) is 10.4. The van der Waals surface area contributed by atoms with E-state index in [-0.39, 0.29) is 11.3 Å². The maximum absolute atomic E-state index is 11.7. The van der Waals surface area contributed by atoms with Gasteiger partial charge in [0.15, 0.2) is 6.29 Å². The number of fused-ring (bicyclic) bond motifs is 1. The topological polar surface area (TPSA) is 209 Å². The van der Waals surface area contributed by atoms with Crippen LogP contribution in [-0.4, -0.2) is 110 Å². The molecule has 2 aromatic rings. The molecule has 10 atom stereocenters. The van der Waals surface area contributed by atoms with Crippen LogP contribution in [0.4, 0.5) is 0 Å². The smallest absolute Gasteiger partial charge is 0.336 e. The minimum Gasteiger partial charge on any atom is -0.462 e. The van der Waals surface area contributed by atoms with Gasteiger partial charge in [-0.05, 0) is 24.6 Å². The first-order valence-electron chi connectivity index (χ1n) is 10.9. The third-order valence-corrected chi connectivity index (χ3v) is 6.14. The van der Waals surface area contributed by atoms with Crippen LogP contribution < -0.4 is 10.4 Å². The van der Waals surface area contributed by atoms with Crippen LogP contribution in [0.2, 0.25) is 0 Å². The van der Waals surface area contributed by atoms with E-state index in [9.17, 15) is 40.5 Å². The molecule has 1 aromatic carbocycles. The molecule has 0 spiro atoms. The zero-order valence-corrected chi connectivity index (χ0v) is 18.6. The summed E-state index contributed by atoms with van der Waals surface area (Å²) in [4.78, 5) is 11.7. The molecule has 2 aliphatic rings. The standard InChI is InChI=1S/C22H28O13/c1-8-4-14(25)32-11-5-9(2-3-10(8)11)31-21-19(30)17(28)20(13(7-24)34-21)35-22-18(29)16(27)15(26)12(6-23)33-22/h2-5,12-13,15-24,26-30H,6-7H2,1H3/t12-,13-,15-,16+,17-,18+,19-,20+,21-,22+/m1/s1. The maximum Gasteiger partial charge on any atom is 0.336 e. The van der Waals surface area contributed by atoms with E-state index in [2.05, 4.69) is 0 Å². The molecule has 2 saturated heterocycles. The first kappa shape index (κ1) is 25.9. The molecule has 35 heavy (non-hydrogen) atoms. The van der Waals surface area contributed by atoms with Crippen molar-refractivity contribution >= 4 is 11.0 Å². The van der Waals surface area contributed by atoms with Crippen molar-refractivity contribution in [2.24, 2.45) is 0 Å². The maximum atomic E-state index is 11.7. The second-order valence-corrected chi connectivity index (χ2v) is 8.53. The Balaban J connectivity index is 1.50. The van der Waals surface area contributed by atoms with E-state index in [1.165, 1.54) is 12.1 Å². The van der Waals surface area contributed by atoms with Gasteiger partial charge in [0.1, 0.15) is 60.2 Å². The fraction of sp³-hybridized carbons (Fsp3) is 0.591. The summed E-state index contributed by atoms with van der Waals surface area (Å²) in [6.07, 6.45) is -15.6. The Labute approximate surface area is 198 Å². The summed E-state index contributed by atoms with van der Waals surface area (Å²) in [7, 11) is 0. The number of hydrogen-bond donors (Lipinski definition) is 7. The fourth-order valence-electron chi connectivity index (χ4n) is 4.17.